The molecule has 0 unspecified atom stereocenters. The fourth-order valence-electron chi connectivity index (χ4n) is 2.00. The lowest BCUT2D eigenvalue weighted by molar-refractivity contribution is -0.115. The summed E-state index contributed by atoms with van der Waals surface area (Å²) in [4.78, 5) is 12.9. The molecule has 0 saturated heterocycles. The molecule has 16 heavy (non-hydrogen) atoms. The molecule has 0 heterocycles. The number of hydrogen-bond donors (Lipinski definition) is 0. The van der Waals surface area contributed by atoms with E-state index in [2.05, 4.69) is 25.7 Å². The topological polar surface area (TPSA) is 20.3 Å². The maximum absolute atomic E-state index is 10.6. The van der Waals surface area contributed by atoms with Crippen LogP contribution in [-0.2, 0) is 4.79 Å². The van der Waals surface area contributed by atoms with Crippen LogP contribution in [-0.4, -0.2) is 29.8 Å². The molecule has 0 bridgehead atoms. The third-order valence-corrected chi connectivity index (χ3v) is 3.58. The van der Waals surface area contributed by atoms with Gasteiger partial charge in [-0.1, -0.05) is 40.0 Å². The van der Waals surface area contributed by atoms with E-state index in [1.807, 2.05) is 0 Å². The van der Waals surface area contributed by atoms with Crippen LogP contribution in [0.2, 0.25) is 0 Å². The molecule has 0 aromatic heterocycles. The van der Waals surface area contributed by atoms with Crippen molar-refractivity contribution in [2.45, 2.75) is 52.9 Å². The summed E-state index contributed by atoms with van der Waals surface area (Å²) in [5, 5.41) is -0.130. The molecule has 1 aliphatic rings. The SMILES string of the molecule is CCN(CC)CC.O=C(Cl)C1CCCCC1. The van der Waals surface area contributed by atoms with Crippen LogP contribution in [0.4, 0.5) is 0 Å². The van der Waals surface area contributed by atoms with Crippen molar-refractivity contribution in [3.63, 3.8) is 0 Å². The van der Waals surface area contributed by atoms with E-state index in [9.17, 15) is 4.79 Å². The third-order valence-electron chi connectivity index (χ3n) is 3.27. The van der Waals surface area contributed by atoms with E-state index in [0.29, 0.717) is 0 Å². The van der Waals surface area contributed by atoms with Crippen LogP contribution in [0.1, 0.15) is 52.9 Å². The average Bonchev–Trinajstić information content (AvgIpc) is 2.33. The molecule has 96 valence electrons. The Bertz CT molecular complexity index is 169. The minimum absolute atomic E-state index is 0.130. The van der Waals surface area contributed by atoms with Gasteiger partial charge in [0.1, 0.15) is 0 Å². The van der Waals surface area contributed by atoms with Gasteiger partial charge in [0.15, 0.2) is 0 Å². The summed E-state index contributed by atoms with van der Waals surface area (Å²) in [6.45, 7) is 10.1. The van der Waals surface area contributed by atoms with Gasteiger partial charge in [-0.05, 0) is 44.1 Å². The van der Waals surface area contributed by atoms with E-state index in [4.69, 9.17) is 11.6 Å². The second kappa shape index (κ2) is 10.1. The van der Waals surface area contributed by atoms with Gasteiger partial charge in [0.05, 0.1) is 0 Å². The molecule has 1 aliphatic carbocycles. The fourth-order valence-corrected chi connectivity index (χ4v) is 2.22. The Hall–Kier alpha value is -0.0800. The molecule has 2 nitrogen and oxygen atoms in total. The highest BCUT2D eigenvalue weighted by atomic mass is 35.5. The summed E-state index contributed by atoms with van der Waals surface area (Å²) in [6.07, 6.45) is 5.68. The zero-order valence-electron chi connectivity index (χ0n) is 11.0. The second-order valence-corrected chi connectivity index (χ2v) is 4.63. The first-order chi connectivity index (χ1) is 7.65. The molecule has 1 fully saturated rings. The zero-order valence-corrected chi connectivity index (χ0v) is 11.7. The highest BCUT2D eigenvalue weighted by molar-refractivity contribution is 6.63. The molecule has 1 rings (SSSR count). The van der Waals surface area contributed by atoms with Gasteiger partial charge in [-0.25, -0.2) is 0 Å². The Kier molecular flexibility index (Phi) is 10.0. The van der Waals surface area contributed by atoms with E-state index in [1.54, 1.807) is 0 Å². The Morgan fingerprint density at radius 3 is 1.69 bits per heavy atom. The molecule has 0 N–H and O–H groups in total. The van der Waals surface area contributed by atoms with Crippen molar-refractivity contribution >= 4 is 16.8 Å². The van der Waals surface area contributed by atoms with Crippen LogP contribution >= 0.6 is 11.6 Å². The highest BCUT2D eigenvalue weighted by Gasteiger charge is 2.18. The number of carbonyl (C=O) groups excluding carboxylic acids is 1. The standard InChI is InChI=1S/C7H11ClO.C6H15N/c8-7(9)6-4-2-1-3-5-6;1-4-7(5-2)6-3/h6H,1-5H2;4-6H2,1-3H3. The second-order valence-electron chi connectivity index (χ2n) is 4.26. The van der Waals surface area contributed by atoms with Crippen LogP contribution in [0.15, 0.2) is 0 Å². The minimum Gasteiger partial charge on any atom is -0.304 e. The van der Waals surface area contributed by atoms with Gasteiger partial charge >= 0.3 is 0 Å². The molecule has 0 atom stereocenters. The van der Waals surface area contributed by atoms with E-state index in [1.165, 1.54) is 38.9 Å². The van der Waals surface area contributed by atoms with Crippen LogP contribution in [0.5, 0.6) is 0 Å². The number of hydrogen-bond acceptors (Lipinski definition) is 2. The highest BCUT2D eigenvalue weighted by Crippen LogP contribution is 2.25. The van der Waals surface area contributed by atoms with Gasteiger partial charge in [-0.15, -0.1) is 0 Å². The third kappa shape index (κ3) is 7.24. The smallest absolute Gasteiger partial charge is 0.224 e. The van der Waals surface area contributed by atoms with E-state index >= 15 is 0 Å². The molecule has 0 amide bonds. The summed E-state index contributed by atoms with van der Waals surface area (Å²) in [6, 6.07) is 0. The zero-order chi connectivity index (χ0) is 12.4. The molecule has 0 aliphatic heterocycles. The Morgan fingerprint density at radius 2 is 1.50 bits per heavy atom. The van der Waals surface area contributed by atoms with Crippen molar-refractivity contribution in [3.8, 4) is 0 Å². The summed E-state index contributed by atoms with van der Waals surface area (Å²) >= 11 is 5.32. The van der Waals surface area contributed by atoms with Crippen LogP contribution in [0, 0.1) is 5.92 Å². The predicted molar refractivity (Wildman–Crippen MR) is 70.9 cm³/mol. The normalized spacial score (nSPS) is 16.8. The Morgan fingerprint density at radius 1 is 1.06 bits per heavy atom. The maximum atomic E-state index is 10.6. The van der Waals surface area contributed by atoms with Crippen molar-refractivity contribution in [1.82, 2.24) is 4.90 Å². The number of nitrogens with zero attached hydrogens (tertiary/aromatic N) is 1. The number of carbonyl (C=O) groups is 1. The number of halogens is 1. The van der Waals surface area contributed by atoms with Gasteiger partial charge in [-0.2, -0.15) is 0 Å². The quantitative estimate of drug-likeness (QED) is 0.707. The lowest BCUT2D eigenvalue weighted by Gasteiger charge is -2.16. The minimum atomic E-state index is -0.130. The molecular weight excluding hydrogens is 222 g/mol. The molecule has 0 spiro atoms. The first kappa shape index (κ1) is 15.9. The summed E-state index contributed by atoms with van der Waals surface area (Å²) in [5.74, 6) is 0.181. The van der Waals surface area contributed by atoms with E-state index < -0.39 is 0 Å². The van der Waals surface area contributed by atoms with Gasteiger partial charge in [0, 0.05) is 5.92 Å². The average molecular weight is 248 g/mol. The van der Waals surface area contributed by atoms with E-state index in [0.717, 1.165) is 12.8 Å². The maximum Gasteiger partial charge on any atom is 0.224 e. The van der Waals surface area contributed by atoms with Crippen LogP contribution < -0.4 is 0 Å². The monoisotopic (exact) mass is 247 g/mol. The first-order valence-corrected chi connectivity index (χ1v) is 6.95. The number of rotatable bonds is 4. The van der Waals surface area contributed by atoms with Gasteiger partial charge in [-0.3, -0.25) is 4.79 Å². The molecule has 0 aromatic carbocycles. The molecule has 3 heteroatoms. The molecule has 0 aromatic rings. The predicted octanol–water partition coefficient (Wildman–Crippen LogP) is 3.68. The van der Waals surface area contributed by atoms with Crippen molar-refractivity contribution in [2.75, 3.05) is 19.6 Å². The van der Waals surface area contributed by atoms with Gasteiger partial charge in [0.25, 0.3) is 0 Å². The fraction of sp³-hybridized carbons (Fsp3) is 0.923. The van der Waals surface area contributed by atoms with E-state index in [-0.39, 0.29) is 11.2 Å². The lowest BCUT2D eigenvalue weighted by Crippen LogP contribution is -2.21. The lowest BCUT2D eigenvalue weighted by atomic mass is 9.90. The van der Waals surface area contributed by atoms with Crippen molar-refractivity contribution in [2.24, 2.45) is 5.92 Å². The Balaban J connectivity index is 0.000000293. The van der Waals surface area contributed by atoms with Gasteiger partial charge < -0.3 is 4.90 Å². The summed E-state index contributed by atoms with van der Waals surface area (Å²) < 4.78 is 0. The first-order valence-electron chi connectivity index (χ1n) is 6.57. The summed E-state index contributed by atoms with van der Waals surface area (Å²) in [5.41, 5.74) is 0. The molecular formula is C13H26ClNO. The summed E-state index contributed by atoms with van der Waals surface area (Å²) in [7, 11) is 0. The van der Waals surface area contributed by atoms with Crippen molar-refractivity contribution in [1.29, 1.82) is 0 Å². The molecule has 0 radical (unpaired) electrons. The van der Waals surface area contributed by atoms with Crippen molar-refractivity contribution < 1.29 is 4.79 Å². The largest absolute Gasteiger partial charge is 0.304 e. The van der Waals surface area contributed by atoms with Crippen molar-refractivity contribution in [3.05, 3.63) is 0 Å². The van der Waals surface area contributed by atoms with Gasteiger partial charge in [0.2, 0.25) is 5.24 Å². The Labute approximate surface area is 105 Å². The molecule has 1 saturated carbocycles. The van der Waals surface area contributed by atoms with Crippen LogP contribution in [0.3, 0.4) is 0 Å². The van der Waals surface area contributed by atoms with Crippen LogP contribution in [0.25, 0.3) is 0 Å².